The number of benzene rings is 1. The summed E-state index contributed by atoms with van der Waals surface area (Å²) in [6.45, 7) is 2.22. The van der Waals surface area contributed by atoms with Gasteiger partial charge in [-0.3, -0.25) is 0 Å². The molecular formula is C17H22N4. The molecule has 1 aromatic carbocycles. The first kappa shape index (κ1) is 13.9. The first-order chi connectivity index (χ1) is 10.2. The topological polar surface area (TPSA) is 49.8 Å². The second-order valence-corrected chi connectivity index (χ2v) is 5.80. The minimum Gasteiger partial charge on any atom is -0.373 e. The SMILES string of the molecule is CNc1cc(NC(C)CC2CC2)nc(-c2ccccc2)n1. The van der Waals surface area contributed by atoms with E-state index in [0.717, 1.165) is 28.9 Å². The Balaban J connectivity index is 1.82. The lowest BCUT2D eigenvalue weighted by Gasteiger charge is -2.15. The zero-order valence-electron chi connectivity index (χ0n) is 12.6. The van der Waals surface area contributed by atoms with Gasteiger partial charge in [-0.05, 0) is 19.3 Å². The summed E-state index contributed by atoms with van der Waals surface area (Å²) < 4.78 is 0. The Morgan fingerprint density at radius 2 is 1.86 bits per heavy atom. The zero-order chi connectivity index (χ0) is 14.7. The van der Waals surface area contributed by atoms with E-state index in [9.17, 15) is 0 Å². The van der Waals surface area contributed by atoms with Crippen molar-refractivity contribution >= 4 is 11.6 Å². The number of aromatic nitrogens is 2. The number of nitrogens with zero attached hydrogens (tertiary/aromatic N) is 2. The van der Waals surface area contributed by atoms with Crippen molar-refractivity contribution in [2.45, 2.75) is 32.2 Å². The Bertz CT molecular complexity index is 593. The highest BCUT2D eigenvalue weighted by Crippen LogP contribution is 2.34. The lowest BCUT2D eigenvalue weighted by molar-refractivity contribution is 0.640. The minimum atomic E-state index is 0.445. The van der Waals surface area contributed by atoms with Crippen LogP contribution >= 0.6 is 0 Å². The van der Waals surface area contributed by atoms with Gasteiger partial charge in [0.05, 0.1) is 0 Å². The molecule has 1 aromatic heterocycles. The van der Waals surface area contributed by atoms with E-state index in [2.05, 4.69) is 27.5 Å². The van der Waals surface area contributed by atoms with Crippen LogP contribution in [0.1, 0.15) is 26.2 Å². The summed E-state index contributed by atoms with van der Waals surface area (Å²) in [7, 11) is 1.88. The summed E-state index contributed by atoms with van der Waals surface area (Å²) in [5.74, 6) is 3.39. The first-order valence-electron chi connectivity index (χ1n) is 7.63. The van der Waals surface area contributed by atoms with Gasteiger partial charge >= 0.3 is 0 Å². The van der Waals surface area contributed by atoms with Gasteiger partial charge < -0.3 is 10.6 Å². The van der Waals surface area contributed by atoms with Gasteiger partial charge in [-0.25, -0.2) is 9.97 Å². The van der Waals surface area contributed by atoms with Gasteiger partial charge in [0.1, 0.15) is 11.6 Å². The Morgan fingerprint density at radius 1 is 1.14 bits per heavy atom. The normalized spacial score (nSPS) is 15.5. The van der Waals surface area contributed by atoms with Crippen molar-refractivity contribution in [2.75, 3.05) is 17.7 Å². The first-order valence-corrected chi connectivity index (χ1v) is 7.63. The van der Waals surface area contributed by atoms with Crippen molar-refractivity contribution < 1.29 is 0 Å². The molecule has 4 heteroatoms. The predicted octanol–water partition coefficient (Wildman–Crippen LogP) is 3.79. The average molecular weight is 282 g/mol. The molecule has 0 saturated heterocycles. The summed E-state index contributed by atoms with van der Waals surface area (Å²) in [5, 5.41) is 6.62. The Labute approximate surface area is 126 Å². The van der Waals surface area contributed by atoms with Gasteiger partial charge in [0.2, 0.25) is 0 Å². The third kappa shape index (κ3) is 3.72. The van der Waals surface area contributed by atoms with E-state index < -0.39 is 0 Å². The molecule has 21 heavy (non-hydrogen) atoms. The quantitative estimate of drug-likeness (QED) is 0.846. The van der Waals surface area contributed by atoms with Gasteiger partial charge in [0.15, 0.2) is 5.82 Å². The number of hydrogen-bond donors (Lipinski definition) is 2. The number of hydrogen-bond acceptors (Lipinski definition) is 4. The summed E-state index contributed by atoms with van der Waals surface area (Å²) in [4.78, 5) is 9.20. The van der Waals surface area contributed by atoms with Crippen LogP contribution in [0.25, 0.3) is 11.4 Å². The standard InChI is InChI=1S/C17H22N4/c1-12(10-13-8-9-13)19-16-11-15(18-2)20-17(21-16)14-6-4-3-5-7-14/h3-7,11-13H,8-10H2,1-2H3,(H2,18,19,20,21). The van der Waals surface area contributed by atoms with E-state index >= 15 is 0 Å². The maximum absolute atomic E-state index is 4.66. The third-order valence-corrected chi connectivity index (χ3v) is 3.79. The summed E-state index contributed by atoms with van der Waals surface area (Å²) in [6, 6.07) is 12.5. The van der Waals surface area contributed by atoms with Crippen LogP contribution in [-0.4, -0.2) is 23.1 Å². The van der Waals surface area contributed by atoms with Crippen LogP contribution in [0.2, 0.25) is 0 Å². The highest BCUT2D eigenvalue weighted by Gasteiger charge is 2.23. The molecule has 1 aliphatic rings. The fourth-order valence-corrected chi connectivity index (χ4v) is 2.53. The van der Waals surface area contributed by atoms with Gasteiger partial charge in [0.25, 0.3) is 0 Å². The van der Waals surface area contributed by atoms with Gasteiger partial charge in [-0.15, -0.1) is 0 Å². The van der Waals surface area contributed by atoms with E-state index in [4.69, 9.17) is 0 Å². The lowest BCUT2D eigenvalue weighted by Crippen LogP contribution is -2.17. The van der Waals surface area contributed by atoms with Crippen molar-refractivity contribution in [1.82, 2.24) is 9.97 Å². The van der Waals surface area contributed by atoms with Crippen LogP contribution in [0.5, 0.6) is 0 Å². The highest BCUT2D eigenvalue weighted by atomic mass is 15.1. The smallest absolute Gasteiger partial charge is 0.163 e. The molecule has 1 heterocycles. The lowest BCUT2D eigenvalue weighted by atomic mass is 10.1. The monoisotopic (exact) mass is 282 g/mol. The van der Waals surface area contributed by atoms with Gasteiger partial charge in [-0.2, -0.15) is 0 Å². The molecule has 0 amide bonds. The van der Waals surface area contributed by atoms with Crippen molar-refractivity contribution in [3.63, 3.8) is 0 Å². The number of nitrogens with one attached hydrogen (secondary N) is 2. The molecule has 3 rings (SSSR count). The number of rotatable bonds is 6. The maximum atomic E-state index is 4.66. The van der Waals surface area contributed by atoms with Gasteiger partial charge in [-0.1, -0.05) is 43.2 Å². The molecule has 1 unspecified atom stereocenters. The van der Waals surface area contributed by atoms with Crippen LogP contribution in [0, 0.1) is 5.92 Å². The molecule has 0 aliphatic heterocycles. The fourth-order valence-electron chi connectivity index (χ4n) is 2.53. The van der Waals surface area contributed by atoms with Crippen molar-refractivity contribution in [1.29, 1.82) is 0 Å². The molecule has 0 bridgehead atoms. The van der Waals surface area contributed by atoms with Crippen molar-refractivity contribution in [3.8, 4) is 11.4 Å². The number of anilines is 2. The molecule has 0 radical (unpaired) electrons. The molecule has 1 saturated carbocycles. The van der Waals surface area contributed by atoms with Crippen LogP contribution in [0.4, 0.5) is 11.6 Å². The van der Waals surface area contributed by atoms with E-state index in [1.165, 1.54) is 19.3 Å². The van der Waals surface area contributed by atoms with E-state index in [0.29, 0.717) is 6.04 Å². The summed E-state index contributed by atoms with van der Waals surface area (Å²) >= 11 is 0. The summed E-state index contributed by atoms with van der Waals surface area (Å²) in [6.07, 6.45) is 3.99. The Hall–Kier alpha value is -2.10. The van der Waals surface area contributed by atoms with Crippen LogP contribution in [-0.2, 0) is 0 Å². The Kier molecular flexibility index (Phi) is 4.04. The summed E-state index contributed by atoms with van der Waals surface area (Å²) in [5.41, 5.74) is 1.03. The molecule has 0 spiro atoms. The molecule has 1 fully saturated rings. The van der Waals surface area contributed by atoms with Crippen molar-refractivity contribution in [3.05, 3.63) is 36.4 Å². The minimum absolute atomic E-state index is 0.445. The maximum Gasteiger partial charge on any atom is 0.163 e. The predicted molar refractivity (Wildman–Crippen MR) is 87.4 cm³/mol. The molecule has 110 valence electrons. The molecule has 2 aromatic rings. The molecule has 4 nitrogen and oxygen atoms in total. The molecule has 1 aliphatic carbocycles. The Morgan fingerprint density at radius 3 is 2.52 bits per heavy atom. The third-order valence-electron chi connectivity index (χ3n) is 3.79. The van der Waals surface area contributed by atoms with E-state index in [-0.39, 0.29) is 0 Å². The second kappa shape index (κ2) is 6.12. The van der Waals surface area contributed by atoms with Crippen molar-refractivity contribution in [2.24, 2.45) is 5.92 Å². The van der Waals surface area contributed by atoms with Crippen LogP contribution in [0.3, 0.4) is 0 Å². The molecule has 2 N–H and O–H groups in total. The average Bonchev–Trinajstić information content (AvgIpc) is 3.31. The zero-order valence-corrected chi connectivity index (χ0v) is 12.6. The van der Waals surface area contributed by atoms with E-state index in [1.54, 1.807) is 0 Å². The largest absolute Gasteiger partial charge is 0.373 e. The van der Waals surface area contributed by atoms with Crippen LogP contribution in [0.15, 0.2) is 36.4 Å². The van der Waals surface area contributed by atoms with E-state index in [1.807, 2.05) is 43.4 Å². The van der Waals surface area contributed by atoms with Gasteiger partial charge in [0, 0.05) is 24.7 Å². The fraction of sp³-hybridized carbons (Fsp3) is 0.412. The molecular weight excluding hydrogens is 260 g/mol. The van der Waals surface area contributed by atoms with Crippen LogP contribution < -0.4 is 10.6 Å². The second-order valence-electron chi connectivity index (χ2n) is 5.80. The highest BCUT2D eigenvalue weighted by molar-refractivity contribution is 5.61. The molecule has 1 atom stereocenters.